The Kier molecular flexibility index (Phi) is 9.06. The summed E-state index contributed by atoms with van der Waals surface area (Å²) in [7, 11) is -4.04. The molecule has 0 spiro atoms. The highest BCUT2D eigenvalue weighted by Crippen LogP contribution is 2.24. The van der Waals surface area contributed by atoms with Crippen LogP contribution in [0.25, 0.3) is 0 Å². The molecule has 0 heterocycles. The van der Waals surface area contributed by atoms with Crippen molar-refractivity contribution in [3.05, 3.63) is 95.0 Å². The smallest absolute Gasteiger partial charge is 0.264 e. The van der Waals surface area contributed by atoms with Crippen molar-refractivity contribution in [1.29, 1.82) is 0 Å². The Hall–Kier alpha value is -3.17. The van der Waals surface area contributed by atoms with Crippen molar-refractivity contribution in [2.75, 3.05) is 17.4 Å². The lowest BCUT2D eigenvalue weighted by Gasteiger charge is -2.32. The number of nitrogens with zero attached hydrogens (tertiary/aromatic N) is 2. The van der Waals surface area contributed by atoms with E-state index in [2.05, 4.69) is 21.2 Å². The Morgan fingerprint density at radius 3 is 2.17 bits per heavy atom. The first-order valence-electron chi connectivity index (χ1n) is 11.2. The van der Waals surface area contributed by atoms with E-state index in [9.17, 15) is 18.0 Å². The zero-order valence-corrected chi connectivity index (χ0v) is 22.0. The topological polar surface area (TPSA) is 86.8 Å². The Morgan fingerprint density at radius 1 is 0.943 bits per heavy atom. The van der Waals surface area contributed by atoms with E-state index in [0.29, 0.717) is 12.2 Å². The number of nitrogens with one attached hydrogen (secondary N) is 1. The van der Waals surface area contributed by atoms with Crippen LogP contribution in [0.3, 0.4) is 0 Å². The van der Waals surface area contributed by atoms with Crippen molar-refractivity contribution in [3.63, 3.8) is 0 Å². The molecule has 9 heteroatoms. The number of amides is 2. The standard InChI is InChI=1S/C26H28BrN3O4S/c1-3-28-26(32)20(2)29(18-21-11-10-12-22(27)17-21)25(31)19-30(23-13-6-4-7-14-23)35(33,34)24-15-8-5-9-16-24/h4-17,20H,3,18-19H2,1-2H3,(H,28,32)/t20-/m1/s1. The minimum absolute atomic E-state index is 0.0759. The number of para-hydroxylation sites is 1. The first-order chi connectivity index (χ1) is 16.7. The van der Waals surface area contributed by atoms with Gasteiger partial charge in [0.05, 0.1) is 10.6 Å². The van der Waals surface area contributed by atoms with E-state index in [-0.39, 0.29) is 17.3 Å². The molecule has 0 saturated carbocycles. The summed E-state index contributed by atoms with van der Waals surface area (Å²) >= 11 is 3.43. The second-order valence-electron chi connectivity index (χ2n) is 7.88. The van der Waals surface area contributed by atoms with Crippen LogP contribution in [0.2, 0.25) is 0 Å². The van der Waals surface area contributed by atoms with Crippen LogP contribution in [-0.2, 0) is 26.2 Å². The maximum absolute atomic E-state index is 13.7. The molecule has 35 heavy (non-hydrogen) atoms. The molecule has 0 aliphatic rings. The van der Waals surface area contributed by atoms with Gasteiger partial charge >= 0.3 is 0 Å². The van der Waals surface area contributed by atoms with Gasteiger partial charge in [0.15, 0.2) is 0 Å². The van der Waals surface area contributed by atoms with Gasteiger partial charge in [0, 0.05) is 17.6 Å². The fraction of sp³-hybridized carbons (Fsp3) is 0.231. The number of hydrogen-bond donors (Lipinski definition) is 1. The van der Waals surface area contributed by atoms with E-state index in [1.54, 1.807) is 62.4 Å². The Morgan fingerprint density at radius 2 is 1.57 bits per heavy atom. The first-order valence-corrected chi connectivity index (χ1v) is 13.4. The number of carbonyl (C=O) groups is 2. The molecule has 0 saturated heterocycles. The maximum atomic E-state index is 13.7. The lowest BCUT2D eigenvalue weighted by atomic mass is 10.1. The third-order valence-electron chi connectivity index (χ3n) is 5.41. The predicted octanol–water partition coefficient (Wildman–Crippen LogP) is 4.20. The molecule has 0 aromatic heterocycles. The minimum atomic E-state index is -4.04. The summed E-state index contributed by atoms with van der Waals surface area (Å²) in [6.07, 6.45) is 0. The van der Waals surface area contributed by atoms with Gasteiger partial charge in [-0.3, -0.25) is 13.9 Å². The van der Waals surface area contributed by atoms with Gasteiger partial charge in [-0.05, 0) is 55.8 Å². The van der Waals surface area contributed by atoms with Crippen LogP contribution in [0.15, 0.2) is 94.3 Å². The highest BCUT2D eigenvalue weighted by Gasteiger charge is 2.32. The third-order valence-corrected chi connectivity index (χ3v) is 7.70. The minimum Gasteiger partial charge on any atom is -0.355 e. The monoisotopic (exact) mass is 557 g/mol. The van der Waals surface area contributed by atoms with Crippen molar-refractivity contribution in [2.24, 2.45) is 0 Å². The molecular formula is C26H28BrN3O4S. The highest BCUT2D eigenvalue weighted by atomic mass is 79.9. The van der Waals surface area contributed by atoms with E-state index in [1.165, 1.54) is 17.0 Å². The van der Waals surface area contributed by atoms with Gasteiger partial charge in [-0.1, -0.05) is 64.5 Å². The van der Waals surface area contributed by atoms with E-state index < -0.39 is 28.5 Å². The van der Waals surface area contributed by atoms with Crippen molar-refractivity contribution in [3.8, 4) is 0 Å². The van der Waals surface area contributed by atoms with Gasteiger partial charge in [0.25, 0.3) is 10.0 Å². The van der Waals surface area contributed by atoms with Crippen LogP contribution >= 0.6 is 15.9 Å². The zero-order chi connectivity index (χ0) is 25.4. The van der Waals surface area contributed by atoms with Crippen LogP contribution in [0, 0.1) is 0 Å². The van der Waals surface area contributed by atoms with Crippen LogP contribution in [0.1, 0.15) is 19.4 Å². The number of hydrogen-bond acceptors (Lipinski definition) is 4. The summed E-state index contributed by atoms with van der Waals surface area (Å²) in [5, 5.41) is 2.74. The molecule has 0 unspecified atom stereocenters. The summed E-state index contributed by atoms with van der Waals surface area (Å²) in [5.74, 6) is -0.805. The molecule has 2 amide bonds. The van der Waals surface area contributed by atoms with Gasteiger partial charge in [-0.25, -0.2) is 8.42 Å². The van der Waals surface area contributed by atoms with Crippen molar-refractivity contribution >= 4 is 43.5 Å². The number of rotatable bonds is 10. The maximum Gasteiger partial charge on any atom is 0.264 e. The van der Waals surface area contributed by atoms with Gasteiger partial charge in [0.1, 0.15) is 12.6 Å². The molecule has 7 nitrogen and oxygen atoms in total. The summed E-state index contributed by atoms with van der Waals surface area (Å²) < 4.78 is 29.1. The third kappa shape index (κ3) is 6.70. The average Bonchev–Trinajstić information content (AvgIpc) is 2.86. The average molecular weight is 558 g/mol. The van der Waals surface area contributed by atoms with Crippen LogP contribution < -0.4 is 9.62 Å². The second kappa shape index (κ2) is 12.0. The number of likely N-dealkylation sites (N-methyl/N-ethyl adjacent to an activating group) is 1. The van der Waals surface area contributed by atoms with Gasteiger partial charge in [-0.15, -0.1) is 0 Å². The Bertz CT molecular complexity index is 1250. The van der Waals surface area contributed by atoms with Crippen LogP contribution in [0.4, 0.5) is 5.69 Å². The van der Waals surface area contributed by atoms with Gasteiger partial charge < -0.3 is 10.2 Å². The Balaban J connectivity index is 1.99. The fourth-order valence-electron chi connectivity index (χ4n) is 3.58. The fourth-order valence-corrected chi connectivity index (χ4v) is 5.46. The van der Waals surface area contributed by atoms with Crippen molar-refractivity contribution in [2.45, 2.75) is 31.3 Å². The SMILES string of the molecule is CCNC(=O)[C@@H](C)N(Cc1cccc(Br)c1)C(=O)CN(c1ccccc1)S(=O)(=O)c1ccccc1. The Labute approximate surface area is 214 Å². The van der Waals surface area contributed by atoms with E-state index >= 15 is 0 Å². The first kappa shape index (κ1) is 26.4. The molecule has 3 rings (SSSR count). The van der Waals surface area contributed by atoms with E-state index in [0.717, 1.165) is 14.3 Å². The molecule has 0 bridgehead atoms. The van der Waals surface area contributed by atoms with Crippen LogP contribution in [0.5, 0.6) is 0 Å². The molecule has 184 valence electrons. The lowest BCUT2D eigenvalue weighted by molar-refractivity contribution is -0.139. The van der Waals surface area contributed by atoms with Crippen molar-refractivity contribution in [1.82, 2.24) is 10.2 Å². The number of anilines is 1. The molecular weight excluding hydrogens is 530 g/mol. The van der Waals surface area contributed by atoms with Gasteiger partial charge in [-0.2, -0.15) is 0 Å². The molecule has 0 fully saturated rings. The highest BCUT2D eigenvalue weighted by molar-refractivity contribution is 9.10. The lowest BCUT2D eigenvalue weighted by Crippen LogP contribution is -2.51. The molecule has 1 atom stereocenters. The van der Waals surface area contributed by atoms with Gasteiger partial charge in [0.2, 0.25) is 11.8 Å². The van der Waals surface area contributed by atoms with E-state index in [4.69, 9.17) is 0 Å². The summed E-state index contributed by atoms with van der Waals surface area (Å²) in [6, 6.07) is 23.1. The molecule has 3 aromatic carbocycles. The van der Waals surface area contributed by atoms with E-state index in [1.807, 2.05) is 24.3 Å². The molecule has 0 aliphatic heterocycles. The largest absolute Gasteiger partial charge is 0.355 e. The number of carbonyl (C=O) groups excluding carboxylic acids is 2. The van der Waals surface area contributed by atoms with Crippen molar-refractivity contribution < 1.29 is 18.0 Å². The molecule has 0 aliphatic carbocycles. The predicted molar refractivity (Wildman–Crippen MR) is 140 cm³/mol. The number of benzene rings is 3. The van der Waals surface area contributed by atoms with Crippen LogP contribution in [-0.4, -0.2) is 44.3 Å². The quantitative estimate of drug-likeness (QED) is 0.404. The normalized spacial score (nSPS) is 12.0. The molecule has 0 radical (unpaired) electrons. The second-order valence-corrected chi connectivity index (χ2v) is 10.7. The summed E-state index contributed by atoms with van der Waals surface area (Å²) in [5.41, 5.74) is 1.17. The summed E-state index contributed by atoms with van der Waals surface area (Å²) in [4.78, 5) is 27.8. The number of halogens is 1. The molecule has 3 aromatic rings. The zero-order valence-electron chi connectivity index (χ0n) is 19.6. The number of sulfonamides is 1. The summed E-state index contributed by atoms with van der Waals surface area (Å²) in [6.45, 7) is 3.54. The molecule has 1 N–H and O–H groups in total.